The molecule has 0 aliphatic rings. The van der Waals surface area contributed by atoms with Crippen LogP contribution in [-0.4, -0.2) is 28.9 Å². The molecule has 0 aliphatic carbocycles. The van der Waals surface area contributed by atoms with E-state index in [4.69, 9.17) is 0 Å². The van der Waals surface area contributed by atoms with Crippen molar-refractivity contribution in [3.8, 4) is 0 Å². The number of rotatable bonds is 7. The third kappa shape index (κ3) is 3.18. The summed E-state index contributed by atoms with van der Waals surface area (Å²) in [4.78, 5) is 17.2. The fraction of sp³-hybridized carbons (Fsp3) is 0.235. The number of nitrogens with one attached hydrogen (secondary N) is 1. The van der Waals surface area contributed by atoms with Gasteiger partial charge in [0.2, 0.25) is 5.91 Å². The van der Waals surface area contributed by atoms with Gasteiger partial charge in [0, 0.05) is 36.6 Å². The molecule has 0 bridgehead atoms. The van der Waals surface area contributed by atoms with E-state index in [1.807, 2.05) is 24.4 Å². The van der Waals surface area contributed by atoms with Crippen molar-refractivity contribution < 1.29 is 4.79 Å². The highest BCUT2D eigenvalue weighted by molar-refractivity contribution is 5.84. The summed E-state index contributed by atoms with van der Waals surface area (Å²) in [5.41, 5.74) is 2.30. The lowest BCUT2D eigenvalue weighted by atomic mass is 10.1. The van der Waals surface area contributed by atoms with Crippen LogP contribution in [0.3, 0.4) is 0 Å². The molecule has 2 rings (SSSR count). The Morgan fingerprint density at radius 1 is 1.20 bits per heavy atom. The number of hydrogen-bond donors (Lipinski definition) is 1. The molecule has 0 fully saturated rings. The fourth-order valence-electron chi connectivity index (χ4n) is 2.33. The van der Waals surface area contributed by atoms with Gasteiger partial charge in [-0.25, -0.2) is 0 Å². The van der Waals surface area contributed by atoms with Crippen molar-refractivity contribution in [1.29, 1.82) is 0 Å². The Labute approximate surface area is 119 Å². The molecule has 0 saturated carbocycles. The normalized spacial score (nSPS) is 10.4. The lowest BCUT2D eigenvalue weighted by molar-refractivity contribution is -0.130. The minimum absolute atomic E-state index is 0.134. The number of carbonyl (C=O) groups excluding carboxylic acids is 1. The molecule has 20 heavy (non-hydrogen) atoms. The molecular weight excluding hydrogens is 248 g/mol. The highest BCUT2D eigenvalue weighted by Crippen LogP contribution is 2.19. The molecule has 1 amide bonds. The van der Waals surface area contributed by atoms with Crippen LogP contribution in [0.1, 0.15) is 12.0 Å². The number of para-hydroxylation sites is 1. The molecular formula is C17H20N2O. The van der Waals surface area contributed by atoms with Gasteiger partial charge in [-0.1, -0.05) is 30.4 Å². The number of aromatic nitrogens is 1. The van der Waals surface area contributed by atoms with Gasteiger partial charge >= 0.3 is 0 Å². The number of hydrogen-bond acceptors (Lipinski definition) is 1. The van der Waals surface area contributed by atoms with Crippen molar-refractivity contribution >= 4 is 16.8 Å². The molecule has 2 aromatic rings. The van der Waals surface area contributed by atoms with Crippen LogP contribution in [0.25, 0.3) is 10.9 Å². The Hall–Kier alpha value is -2.29. The average molecular weight is 268 g/mol. The third-order valence-corrected chi connectivity index (χ3v) is 3.33. The predicted octanol–water partition coefficient (Wildman–Crippen LogP) is 3.30. The first-order chi connectivity index (χ1) is 9.76. The van der Waals surface area contributed by atoms with Crippen LogP contribution in [0.15, 0.2) is 55.8 Å². The maximum atomic E-state index is 12.2. The summed E-state index contributed by atoms with van der Waals surface area (Å²) in [7, 11) is 0. The van der Waals surface area contributed by atoms with E-state index in [1.165, 1.54) is 10.9 Å². The van der Waals surface area contributed by atoms with Crippen LogP contribution in [0.2, 0.25) is 0 Å². The minimum Gasteiger partial charge on any atom is -0.361 e. The Morgan fingerprint density at radius 3 is 2.60 bits per heavy atom. The van der Waals surface area contributed by atoms with E-state index >= 15 is 0 Å². The van der Waals surface area contributed by atoms with E-state index in [1.54, 1.807) is 17.1 Å². The molecule has 3 nitrogen and oxygen atoms in total. The van der Waals surface area contributed by atoms with E-state index < -0.39 is 0 Å². The zero-order chi connectivity index (χ0) is 14.4. The van der Waals surface area contributed by atoms with Crippen molar-refractivity contribution in [2.24, 2.45) is 0 Å². The number of aromatic amines is 1. The summed E-state index contributed by atoms with van der Waals surface area (Å²) < 4.78 is 0. The predicted molar refractivity (Wildman–Crippen MR) is 83.6 cm³/mol. The molecule has 1 N–H and O–H groups in total. The summed E-state index contributed by atoms with van der Waals surface area (Å²) >= 11 is 0. The summed E-state index contributed by atoms with van der Waals surface area (Å²) in [5, 5.41) is 1.19. The largest absolute Gasteiger partial charge is 0.361 e. The number of fused-ring (bicyclic) bond motifs is 1. The maximum Gasteiger partial charge on any atom is 0.223 e. The Bertz CT molecular complexity index is 602. The van der Waals surface area contributed by atoms with Crippen LogP contribution in [-0.2, 0) is 11.2 Å². The molecule has 0 aliphatic heterocycles. The number of carbonyl (C=O) groups is 1. The third-order valence-electron chi connectivity index (χ3n) is 3.33. The molecule has 0 saturated heterocycles. The van der Waals surface area contributed by atoms with Crippen LogP contribution >= 0.6 is 0 Å². The molecule has 3 heteroatoms. The van der Waals surface area contributed by atoms with Crippen LogP contribution in [0.5, 0.6) is 0 Å². The molecule has 0 unspecified atom stereocenters. The second-order valence-corrected chi connectivity index (χ2v) is 4.74. The zero-order valence-electron chi connectivity index (χ0n) is 11.6. The summed E-state index contributed by atoms with van der Waals surface area (Å²) in [5.74, 6) is 0.134. The maximum absolute atomic E-state index is 12.2. The second-order valence-electron chi connectivity index (χ2n) is 4.74. The van der Waals surface area contributed by atoms with Crippen molar-refractivity contribution in [2.75, 3.05) is 13.1 Å². The SMILES string of the molecule is C=CCN(CC=C)C(=O)CCc1c[nH]c2ccccc12. The first-order valence-electron chi connectivity index (χ1n) is 6.80. The van der Waals surface area contributed by atoms with Gasteiger partial charge in [-0.2, -0.15) is 0 Å². The highest BCUT2D eigenvalue weighted by Gasteiger charge is 2.12. The number of aryl methyl sites for hydroxylation is 1. The van der Waals surface area contributed by atoms with Gasteiger partial charge in [-0.15, -0.1) is 13.2 Å². The standard InChI is InChI=1S/C17H20N2O/c1-3-11-19(12-4-2)17(20)10-9-14-13-18-16-8-6-5-7-15(14)16/h3-8,13,18H,1-2,9-12H2. The first-order valence-corrected chi connectivity index (χ1v) is 6.80. The molecule has 1 heterocycles. The highest BCUT2D eigenvalue weighted by atomic mass is 16.2. The average Bonchev–Trinajstić information content (AvgIpc) is 2.88. The van der Waals surface area contributed by atoms with Crippen molar-refractivity contribution in [3.63, 3.8) is 0 Å². The second kappa shape index (κ2) is 6.75. The topological polar surface area (TPSA) is 36.1 Å². The molecule has 1 aromatic heterocycles. The quantitative estimate of drug-likeness (QED) is 0.768. The van der Waals surface area contributed by atoms with Gasteiger partial charge < -0.3 is 9.88 Å². The van der Waals surface area contributed by atoms with Gasteiger partial charge in [-0.3, -0.25) is 4.79 Å². The molecule has 0 radical (unpaired) electrons. The van der Waals surface area contributed by atoms with Gasteiger partial charge in [0.15, 0.2) is 0 Å². The summed E-state index contributed by atoms with van der Waals surface area (Å²) in [6.07, 6.45) is 6.72. The molecule has 104 valence electrons. The van der Waals surface area contributed by atoms with Crippen molar-refractivity contribution in [3.05, 3.63) is 61.3 Å². The lowest BCUT2D eigenvalue weighted by Crippen LogP contribution is -2.31. The van der Waals surface area contributed by atoms with Crippen molar-refractivity contribution in [2.45, 2.75) is 12.8 Å². The number of benzene rings is 1. The monoisotopic (exact) mass is 268 g/mol. The van der Waals surface area contributed by atoms with E-state index in [2.05, 4.69) is 24.2 Å². The molecule has 0 spiro atoms. The lowest BCUT2D eigenvalue weighted by Gasteiger charge is -2.19. The van der Waals surface area contributed by atoms with Gasteiger partial charge in [-0.05, 0) is 18.1 Å². The van der Waals surface area contributed by atoms with Gasteiger partial charge in [0.25, 0.3) is 0 Å². The van der Waals surface area contributed by atoms with Crippen molar-refractivity contribution in [1.82, 2.24) is 9.88 Å². The van der Waals surface area contributed by atoms with Crippen LogP contribution < -0.4 is 0 Å². The zero-order valence-corrected chi connectivity index (χ0v) is 11.6. The fourth-order valence-corrected chi connectivity index (χ4v) is 2.33. The van der Waals surface area contributed by atoms with Gasteiger partial charge in [0.1, 0.15) is 0 Å². The molecule has 0 atom stereocenters. The van der Waals surface area contributed by atoms with Gasteiger partial charge in [0.05, 0.1) is 0 Å². The molecule has 1 aromatic carbocycles. The number of H-pyrrole nitrogens is 1. The van der Waals surface area contributed by atoms with Crippen LogP contribution in [0.4, 0.5) is 0 Å². The van der Waals surface area contributed by atoms with E-state index in [9.17, 15) is 4.79 Å². The Morgan fingerprint density at radius 2 is 1.90 bits per heavy atom. The smallest absolute Gasteiger partial charge is 0.223 e. The Balaban J connectivity index is 2.02. The summed E-state index contributed by atoms with van der Waals surface area (Å²) in [6, 6.07) is 8.15. The van der Waals surface area contributed by atoms with E-state index in [0.29, 0.717) is 19.5 Å². The summed E-state index contributed by atoms with van der Waals surface area (Å²) in [6.45, 7) is 8.50. The number of amides is 1. The van der Waals surface area contributed by atoms with Crippen LogP contribution in [0, 0.1) is 0 Å². The Kier molecular flexibility index (Phi) is 4.77. The van der Waals surface area contributed by atoms with E-state index in [-0.39, 0.29) is 5.91 Å². The van der Waals surface area contributed by atoms with E-state index in [0.717, 1.165) is 11.9 Å². The first kappa shape index (κ1) is 14.1. The number of nitrogens with zero attached hydrogens (tertiary/aromatic N) is 1. The minimum atomic E-state index is 0.134.